The van der Waals surface area contributed by atoms with Crippen molar-refractivity contribution in [1.82, 2.24) is 5.32 Å². The molecule has 0 saturated carbocycles. The maximum Gasteiger partial charge on any atom is 0.161 e. The van der Waals surface area contributed by atoms with Gasteiger partial charge in [0.1, 0.15) is 23.1 Å². The van der Waals surface area contributed by atoms with Gasteiger partial charge < -0.3 is 14.8 Å². The molecule has 2 heterocycles. The molecule has 1 aromatic rings. The normalized spacial score (nSPS) is 21.1. The number of nitrogens with one attached hydrogen (secondary N) is 1. The first-order chi connectivity index (χ1) is 10.1. The summed E-state index contributed by atoms with van der Waals surface area (Å²) in [6.45, 7) is 2.06. The van der Waals surface area contributed by atoms with Crippen LogP contribution in [0.15, 0.2) is 18.2 Å². The molecule has 1 aromatic carbocycles. The fourth-order valence-corrected chi connectivity index (χ4v) is 4.25. The second-order valence-electron chi connectivity index (χ2n) is 5.61. The van der Waals surface area contributed by atoms with Gasteiger partial charge in [-0.05, 0) is 43.5 Å². The molecule has 2 aliphatic rings. The van der Waals surface area contributed by atoms with E-state index < -0.39 is 9.84 Å². The van der Waals surface area contributed by atoms with Gasteiger partial charge in [0.2, 0.25) is 0 Å². The molecule has 1 saturated heterocycles. The van der Waals surface area contributed by atoms with E-state index in [1.165, 1.54) is 5.56 Å². The molecule has 5 nitrogen and oxygen atoms in total. The molecule has 0 atom stereocenters. The van der Waals surface area contributed by atoms with E-state index in [0.29, 0.717) is 30.8 Å². The summed E-state index contributed by atoms with van der Waals surface area (Å²) >= 11 is 0. The van der Waals surface area contributed by atoms with Gasteiger partial charge in [0.15, 0.2) is 11.5 Å². The number of ether oxygens (including phenoxy) is 2. The zero-order chi connectivity index (χ0) is 14.7. The Labute approximate surface area is 125 Å². The van der Waals surface area contributed by atoms with Crippen LogP contribution in [0.5, 0.6) is 11.5 Å². The van der Waals surface area contributed by atoms with Gasteiger partial charge >= 0.3 is 0 Å². The van der Waals surface area contributed by atoms with Crippen LogP contribution in [-0.4, -0.2) is 45.7 Å². The molecular formula is C15H21NO4S. The Morgan fingerprint density at radius 1 is 1.10 bits per heavy atom. The van der Waals surface area contributed by atoms with Gasteiger partial charge in [-0.25, -0.2) is 8.42 Å². The first kappa shape index (κ1) is 14.7. The van der Waals surface area contributed by atoms with Crippen molar-refractivity contribution in [2.24, 2.45) is 0 Å². The van der Waals surface area contributed by atoms with Crippen molar-refractivity contribution in [3.63, 3.8) is 0 Å². The van der Waals surface area contributed by atoms with E-state index in [1.54, 1.807) is 0 Å². The second kappa shape index (κ2) is 6.23. The summed E-state index contributed by atoms with van der Waals surface area (Å²) in [5.41, 5.74) is 1.20. The fraction of sp³-hybridized carbons (Fsp3) is 0.600. The average molecular weight is 311 g/mol. The number of hydrogen-bond acceptors (Lipinski definition) is 5. The van der Waals surface area contributed by atoms with Crippen molar-refractivity contribution in [1.29, 1.82) is 0 Å². The zero-order valence-electron chi connectivity index (χ0n) is 12.0. The van der Waals surface area contributed by atoms with E-state index in [4.69, 9.17) is 9.47 Å². The monoisotopic (exact) mass is 311 g/mol. The van der Waals surface area contributed by atoms with Gasteiger partial charge in [0.05, 0.1) is 11.5 Å². The Balaban J connectivity index is 1.47. The Hall–Kier alpha value is -1.27. The van der Waals surface area contributed by atoms with Gasteiger partial charge in [-0.1, -0.05) is 6.07 Å². The maximum absolute atomic E-state index is 11.4. The lowest BCUT2D eigenvalue weighted by atomic mass is 10.1. The molecule has 0 bridgehead atoms. The van der Waals surface area contributed by atoms with Crippen LogP contribution in [0.25, 0.3) is 0 Å². The third-order valence-corrected chi connectivity index (χ3v) is 5.72. The molecule has 0 aromatic heterocycles. The summed E-state index contributed by atoms with van der Waals surface area (Å²) < 4.78 is 33.8. The standard InChI is InChI=1S/C15H21NO4S/c17-21(18)9-4-13(5-10-21)16-6-3-12-1-2-14-15(11-12)20-8-7-19-14/h1-2,11,13,16H,3-10H2. The Kier molecular flexibility index (Phi) is 4.35. The molecule has 1 fully saturated rings. The third-order valence-electron chi connectivity index (χ3n) is 4.01. The highest BCUT2D eigenvalue weighted by atomic mass is 32.2. The Morgan fingerprint density at radius 2 is 1.81 bits per heavy atom. The van der Waals surface area contributed by atoms with Crippen LogP contribution in [0.4, 0.5) is 0 Å². The quantitative estimate of drug-likeness (QED) is 0.904. The largest absolute Gasteiger partial charge is 0.486 e. The lowest BCUT2D eigenvalue weighted by Crippen LogP contribution is -2.38. The van der Waals surface area contributed by atoms with Crippen molar-refractivity contribution in [3.05, 3.63) is 23.8 Å². The van der Waals surface area contributed by atoms with E-state index in [1.807, 2.05) is 12.1 Å². The van der Waals surface area contributed by atoms with Gasteiger partial charge in [-0.15, -0.1) is 0 Å². The number of benzene rings is 1. The summed E-state index contributed by atoms with van der Waals surface area (Å²) in [4.78, 5) is 0. The minimum absolute atomic E-state index is 0.314. The highest BCUT2D eigenvalue weighted by Gasteiger charge is 2.22. The van der Waals surface area contributed by atoms with Crippen molar-refractivity contribution in [2.75, 3.05) is 31.3 Å². The molecular weight excluding hydrogens is 290 g/mol. The highest BCUT2D eigenvalue weighted by Crippen LogP contribution is 2.30. The SMILES string of the molecule is O=S1(=O)CCC(NCCc2ccc3c(c2)OCCO3)CC1. The molecule has 0 aliphatic carbocycles. The third kappa shape index (κ3) is 3.89. The average Bonchev–Trinajstić information content (AvgIpc) is 2.49. The van der Waals surface area contributed by atoms with E-state index in [0.717, 1.165) is 37.3 Å². The lowest BCUT2D eigenvalue weighted by Gasteiger charge is -2.23. The molecule has 2 aliphatic heterocycles. The summed E-state index contributed by atoms with van der Waals surface area (Å²) in [5, 5.41) is 3.45. The smallest absolute Gasteiger partial charge is 0.161 e. The predicted molar refractivity (Wildman–Crippen MR) is 80.8 cm³/mol. The topological polar surface area (TPSA) is 64.6 Å². The maximum atomic E-state index is 11.4. The molecule has 21 heavy (non-hydrogen) atoms. The molecule has 0 amide bonds. The Morgan fingerprint density at radius 3 is 2.57 bits per heavy atom. The van der Waals surface area contributed by atoms with Crippen molar-refractivity contribution in [3.8, 4) is 11.5 Å². The van der Waals surface area contributed by atoms with Crippen molar-refractivity contribution < 1.29 is 17.9 Å². The van der Waals surface area contributed by atoms with Crippen LogP contribution >= 0.6 is 0 Å². The zero-order valence-corrected chi connectivity index (χ0v) is 12.8. The highest BCUT2D eigenvalue weighted by molar-refractivity contribution is 7.91. The molecule has 0 spiro atoms. The van der Waals surface area contributed by atoms with Crippen molar-refractivity contribution >= 4 is 9.84 Å². The lowest BCUT2D eigenvalue weighted by molar-refractivity contribution is 0.171. The van der Waals surface area contributed by atoms with Crippen LogP contribution < -0.4 is 14.8 Å². The molecule has 1 N–H and O–H groups in total. The minimum atomic E-state index is -2.77. The van der Waals surface area contributed by atoms with Gasteiger partial charge in [-0.3, -0.25) is 0 Å². The molecule has 0 unspecified atom stereocenters. The van der Waals surface area contributed by atoms with Gasteiger partial charge in [0.25, 0.3) is 0 Å². The van der Waals surface area contributed by atoms with Crippen molar-refractivity contribution in [2.45, 2.75) is 25.3 Å². The van der Waals surface area contributed by atoms with Crippen LogP contribution in [0.3, 0.4) is 0 Å². The van der Waals surface area contributed by atoms with E-state index >= 15 is 0 Å². The van der Waals surface area contributed by atoms with Gasteiger partial charge in [0, 0.05) is 6.04 Å². The summed E-state index contributed by atoms with van der Waals surface area (Å²) in [7, 11) is -2.77. The summed E-state index contributed by atoms with van der Waals surface area (Å²) in [6.07, 6.45) is 2.35. The van der Waals surface area contributed by atoms with Gasteiger partial charge in [-0.2, -0.15) is 0 Å². The molecule has 116 valence electrons. The van der Waals surface area contributed by atoms with E-state index in [-0.39, 0.29) is 0 Å². The number of hydrogen-bond donors (Lipinski definition) is 1. The predicted octanol–water partition coefficient (Wildman–Crippen LogP) is 1.17. The van der Waals surface area contributed by atoms with Crippen LogP contribution in [0, 0.1) is 0 Å². The second-order valence-corrected chi connectivity index (χ2v) is 7.91. The first-order valence-corrected chi connectivity index (χ1v) is 9.27. The number of fused-ring (bicyclic) bond motifs is 1. The summed E-state index contributed by atoms with van der Waals surface area (Å²) in [5.74, 6) is 2.27. The van der Waals surface area contributed by atoms with E-state index in [9.17, 15) is 8.42 Å². The van der Waals surface area contributed by atoms with Crippen LogP contribution in [0.2, 0.25) is 0 Å². The molecule has 6 heteroatoms. The molecule has 3 rings (SSSR count). The van der Waals surface area contributed by atoms with Crippen LogP contribution in [-0.2, 0) is 16.3 Å². The summed E-state index contributed by atoms with van der Waals surface area (Å²) in [6, 6.07) is 6.37. The molecule has 0 radical (unpaired) electrons. The number of sulfone groups is 1. The number of rotatable bonds is 4. The minimum Gasteiger partial charge on any atom is -0.486 e. The first-order valence-electron chi connectivity index (χ1n) is 7.45. The van der Waals surface area contributed by atoms with Crippen LogP contribution in [0.1, 0.15) is 18.4 Å². The Bertz CT molecular complexity index is 586. The fourth-order valence-electron chi connectivity index (χ4n) is 2.76. The van der Waals surface area contributed by atoms with E-state index in [2.05, 4.69) is 11.4 Å².